The molecule has 0 aliphatic heterocycles. The molecule has 0 N–H and O–H groups in total. The van der Waals surface area contributed by atoms with Crippen LogP contribution in [0.4, 0.5) is 0 Å². The molecule has 0 unspecified atom stereocenters. The third kappa shape index (κ3) is 3.58. The van der Waals surface area contributed by atoms with Gasteiger partial charge in [0.15, 0.2) is 5.75 Å². The van der Waals surface area contributed by atoms with E-state index in [1.54, 1.807) is 13.3 Å². The number of ether oxygens (including phenoxy) is 1. The van der Waals surface area contributed by atoms with Crippen LogP contribution >= 0.6 is 0 Å². The first-order chi connectivity index (χ1) is 8.10. The number of hydrogen-bond donors (Lipinski definition) is 0. The predicted molar refractivity (Wildman–Crippen MR) is 67.2 cm³/mol. The molecule has 0 aliphatic rings. The van der Waals surface area contributed by atoms with Crippen molar-refractivity contribution in [2.75, 3.05) is 7.11 Å². The van der Waals surface area contributed by atoms with Crippen LogP contribution < -0.4 is 4.74 Å². The average molecular weight is 238 g/mol. The number of ketones is 1. The van der Waals surface area contributed by atoms with Crippen molar-refractivity contribution in [1.29, 1.82) is 0 Å². The molecule has 4 nitrogen and oxygen atoms in total. The maximum atomic E-state index is 11.6. The van der Waals surface area contributed by atoms with Crippen LogP contribution in [0.15, 0.2) is 6.20 Å². The molecule has 0 aliphatic carbocycles. The number of rotatable bonds is 7. The summed E-state index contributed by atoms with van der Waals surface area (Å²) in [6.07, 6.45) is 4.02. The predicted octanol–water partition coefficient (Wildman–Crippen LogP) is 2.46. The number of aromatic nitrogens is 2. The van der Waals surface area contributed by atoms with Gasteiger partial charge < -0.3 is 4.74 Å². The molecule has 4 heteroatoms. The lowest BCUT2D eigenvalue weighted by Crippen LogP contribution is -2.11. The maximum absolute atomic E-state index is 11.6. The summed E-state index contributed by atoms with van der Waals surface area (Å²) in [5.41, 5.74) is 1.03. The van der Waals surface area contributed by atoms with Gasteiger partial charge in [0, 0.05) is 18.9 Å². The zero-order chi connectivity index (χ0) is 12.8. The normalized spacial score (nSPS) is 10.9. The molecule has 0 fully saturated rings. The van der Waals surface area contributed by atoms with E-state index >= 15 is 0 Å². The van der Waals surface area contributed by atoms with E-state index in [9.17, 15) is 4.79 Å². The van der Waals surface area contributed by atoms with Crippen LogP contribution in [0.5, 0.6) is 5.75 Å². The standard InChI is InChI=1S/C13H22N2O2/c1-5-8-15-11(13(17-4)9-14-15)6-7-12(16)10(2)3/h9-10H,5-8H2,1-4H3. The second-order valence-corrected chi connectivity index (χ2v) is 4.50. The van der Waals surface area contributed by atoms with E-state index < -0.39 is 0 Å². The van der Waals surface area contributed by atoms with E-state index in [-0.39, 0.29) is 11.7 Å². The van der Waals surface area contributed by atoms with Gasteiger partial charge >= 0.3 is 0 Å². The third-order valence-electron chi connectivity index (χ3n) is 2.82. The van der Waals surface area contributed by atoms with Crippen molar-refractivity contribution in [3.63, 3.8) is 0 Å². The summed E-state index contributed by atoms with van der Waals surface area (Å²) in [4.78, 5) is 11.6. The monoisotopic (exact) mass is 238 g/mol. The lowest BCUT2D eigenvalue weighted by atomic mass is 10.0. The van der Waals surface area contributed by atoms with Crippen LogP contribution in [0.1, 0.15) is 39.3 Å². The van der Waals surface area contributed by atoms with E-state index in [0.29, 0.717) is 12.8 Å². The Labute approximate surface area is 103 Å². The van der Waals surface area contributed by atoms with Gasteiger partial charge in [0.25, 0.3) is 0 Å². The van der Waals surface area contributed by atoms with Gasteiger partial charge in [-0.3, -0.25) is 9.48 Å². The first-order valence-corrected chi connectivity index (χ1v) is 6.21. The van der Waals surface area contributed by atoms with Gasteiger partial charge in [-0.05, 0) is 12.8 Å². The smallest absolute Gasteiger partial charge is 0.159 e. The van der Waals surface area contributed by atoms with Crippen molar-refractivity contribution < 1.29 is 9.53 Å². The van der Waals surface area contributed by atoms with Crippen LogP contribution in [0, 0.1) is 5.92 Å². The highest BCUT2D eigenvalue weighted by molar-refractivity contribution is 5.80. The average Bonchev–Trinajstić information content (AvgIpc) is 2.68. The summed E-state index contributed by atoms with van der Waals surface area (Å²) < 4.78 is 7.21. The van der Waals surface area contributed by atoms with Crippen molar-refractivity contribution in [3.8, 4) is 5.75 Å². The Bertz CT molecular complexity index is 369. The number of aryl methyl sites for hydroxylation is 1. The van der Waals surface area contributed by atoms with Crippen LogP contribution in [0.25, 0.3) is 0 Å². The van der Waals surface area contributed by atoms with E-state index in [2.05, 4.69) is 12.0 Å². The van der Waals surface area contributed by atoms with Crippen molar-refractivity contribution in [3.05, 3.63) is 11.9 Å². The largest absolute Gasteiger partial charge is 0.493 e. The fourth-order valence-corrected chi connectivity index (χ4v) is 1.75. The first kappa shape index (κ1) is 13.7. The Morgan fingerprint density at radius 2 is 2.24 bits per heavy atom. The van der Waals surface area contributed by atoms with E-state index in [1.807, 2.05) is 18.5 Å². The molecule has 0 bridgehead atoms. The molecular weight excluding hydrogens is 216 g/mol. The lowest BCUT2D eigenvalue weighted by Gasteiger charge is -2.09. The number of nitrogens with zero attached hydrogens (tertiary/aromatic N) is 2. The second kappa shape index (κ2) is 6.42. The van der Waals surface area contributed by atoms with Crippen molar-refractivity contribution in [1.82, 2.24) is 9.78 Å². The number of Topliss-reactive ketones (excluding diaryl/α,β-unsaturated/α-hetero) is 1. The van der Waals surface area contributed by atoms with Gasteiger partial charge in [-0.2, -0.15) is 5.10 Å². The zero-order valence-electron chi connectivity index (χ0n) is 11.2. The van der Waals surface area contributed by atoms with Crippen molar-refractivity contribution in [2.45, 2.75) is 46.6 Å². The highest BCUT2D eigenvalue weighted by atomic mass is 16.5. The highest BCUT2D eigenvalue weighted by Gasteiger charge is 2.14. The molecule has 0 radical (unpaired) electrons. The highest BCUT2D eigenvalue weighted by Crippen LogP contribution is 2.20. The Morgan fingerprint density at radius 1 is 1.53 bits per heavy atom. The summed E-state index contributed by atoms with van der Waals surface area (Å²) in [7, 11) is 1.64. The number of hydrogen-bond acceptors (Lipinski definition) is 3. The minimum atomic E-state index is 0.101. The minimum Gasteiger partial charge on any atom is -0.493 e. The van der Waals surface area contributed by atoms with Crippen LogP contribution in [-0.2, 0) is 17.8 Å². The Balaban J connectivity index is 2.73. The Hall–Kier alpha value is -1.32. The Kier molecular flexibility index (Phi) is 5.19. The van der Waals surface area contributed by atoms with Gasteiger partial charge in [0.1, 0.15) is 5.78 Å². The second-order valence-electron chi connectivity index (χ2n) is 4.50. The Morgan fingerprint density at radius 3 is 2.76 bits per heavy atom. The van der Waals surface area contributed by atoms with Crippen LogP contribution in [-0.4, -0.2) is 22.7 Å². The van der Waals surface area contributed by atoms with E-state index in [1.165, 1.54) is 0 Å². The van der Waals surface area contributed by atoms with Gasteiger partial charge in [-0.15, -0.1) is 0 Å². The first-order valence-electron chi connectivity index (χ1n) is 6.21. The lowest BCUT2D eigenvalue weighted by molar-refractivity contribution is -0.121. The molecule has 0 saturated carbocycles. The van der Waals surface area contributed by atoms with Gasteiger partial charge in [-0.25, -0.2) is 0 Å². The molecule has 1 aromatic heterocycles. The molecule has 1 heterocycles. The molecule has 0 amide bonds. The summed E-state index contributed by atoms with van der Waals surface area (Å²) in [6.45, 7) is 6.84. The van der Waals surface area contributed by atoms with Gasteiger partial charge in [-0.1, -0.05) is 20.8 Å². The maximum Gasteiger partial charge on any atom is 0.159 e. The molecule has 17 heavy (non-hydrogen) atoms. The number of carbonyl (C=O) groups is 1. The zero-order valence-corrected chi connectivity index (χ0v) is 11.2. The summed E-state index contributed by atoms with van der Waals surface area (Å²) in [6, 6.07) is 0. The quantitative estimate of drug-likeness (QED) is 0.733. The summed E-state index contributed by atoms with van der Waals surface area (Å²) in [5, 5.41) is 4.28. The fourth-order valence-electron chi connectivity index (χ4n) is 1.75. The molecule has 96 valence electrons. The van der Waals surface area contributed by atoms with E-state index in [0.717, 1.165) is 24.4 Å². The van der Waals surface area contributed by atoms with Crippen molar-refractivity contribution in [2.24, 2.45) is 5.92 Å². The van der Waals surface area contributed by atoms with Gasteiger partial charge in [0.2, 0.25) is 0 Å². The summed E-state index contributed by atoms with van der Waals surface area (Å²) >= 11 is 0. The molecule has 1 aromatic rings. The summed E-state index contributed by atoms with van der Waals surface area (Å²) in [5.74, 6) is 1.18. The van der Waals surface area contributed by atoms with Gasteiger partial charge in [0.05, 0.1) is 19.0 Å². The van der Waals surface area contributed by atoms with E-state index in [4.69, 9.17) is 4.74 Å². The van der Waals surface area contributed by atoms with Crippen LogP contribution in [0.2, 0.25) is 0 Å². The van der Waals surface area contributed by atoms with Crippen LogP contribution in [0.3, 0.4) is 0 Å². The number of methoxy groups -OCH3 is 1. The SMILES string of the molecule is CCCn1ncc(OC)c1CCC(=O)C(C)C. The molecule has 1 rings (SSSR count). The molecule has 0 spiro atoms. The third-order valence-corrected chi connectivity index (χ3v) is 2.82. The molecule has 0 atom stereocenters. The number of carbonyl (C=O) groups excluding carboxylic acids is 1. The topological polar surface area (TPSA) is 44.1 Å². The van der Waals surface area contributed by atoms with Crippen molar-refractivity contribution >= 4 is 5.78 Å². The fraction of sp³-hybridized carbons (Fsp3) is 0.692. The molecule has 0 saturated heterocycles. The molecule has 0 aromatic carbocycles. The molecular formula is C13H22N2O2. The minimum absolute atomic E-state index is 0.101.